The summed E-state index contributed by atoms with van der Waals surface area (Å²) in [5.41, 5.74) is 1.46. The van der Waals surface area contributed by atoms with Crippen LogP contribution in [0.2, 0.25) is 10.0 Å². The van der Waals surface area contributed by atoms with E-state index in [0.717, 1.165) is 10.1 Å². The number of rotatable bonds is 3. The van der Waals surface area contributed by atoms with Gasteiger partial charge in [0, 0.05) is 16.5 Å². The summed E-state index contributed by atoms with van der Waals surface area (Å²) in [6.45, 7) is 0. The highest BCUT2D eigenvalue weighted by molar-refractivity contribution is 7.07. The Kier molecular flexibility index (Phi) is 3.80. The highest BCUT2D eigenvalue weighted by Crippen LogP contribution is 2.26. The van der Waals surface area contributed by atoms with Crippen LogP contribution in [0.1, 0.15) is 11.3 Å². The molecule has 0 fully saturated rings. The first kappa shape index (κ1) is 14.3. The standard InChI is InChI=1S/C14H10Cl2N2O2S/c15-9-4-10(16)6-11(5-9)18-13(19)12(17-14(18)20)3-8-1-2-21-7-8/h1-2,4-7,19H,3H2,(H,17,20). The van der Waals surface area contributed by atoms with Crippen LogP contribution in [0.15, 0.2) is 39.8 Å². The monoisotopic (exact) mass is 340 g/mol. The number of imidazole rings is 1. The van der Waals surface area contributed by atoms with Crippen molar-refractivity contribution in [1.29, 1.82) is 0 Å². The van der Waals surface area contributed by atoms with Gasteiger partial charge in [-0.2, -0.15) is 11.3 Å². The molecule has 0 unspecified atom stereocenters. The zero-order valence-electron chi connectivity index (χ0n) is 10.6. The van der Waals surface area contributed by atoms with Gasteiger partial charge in [-0.05, 0) is 40.6 Å². The van der Waals surface area contributed by atoms with Crippen molar-refractivity contribution in [3.63, 3.8) is 0 Å². The fraction of sp³-hybridized carbons (Fsp3) is 0.0714. The minimum Gasteiger partial charge on any atom is -0.493 e. The van der Waals surface area contributed by atoms with E-state index in [4.69, 9.17) is 23.2 Å². The van der Waals surface area contributed by atoms with Crippen molar-refractivity contribution in [2.24, 2.45) is 0 Å². The SMILES string of the molecule is O=c1[nH]c(Cc2ccsc2)c(O)n1-c1cc(Cl)cc(Cl)c1. The van der Waals surface area contributed by atoms with Crippen molar-refractivity contribution in [2.75, 3.05) is 0 Å². The number of benzene rings is 1. The number of halogens is 2. The van der Waals surface area contributed by atoms with Crippen LogP contribution in [0.5, 0.6) is 5.88 Å². The molecule has 7 heteroatoms. The molecule has 3 rings (SSSR count). The average molecular weight is 341 g/mol. The fourth-order valence-corrected chi connectivity index (χ4v) is 3.28. The highest BCUT2D eigenvalue weighted by Gasteiger charge is 2.15. The van der Waals surface area contributed by atoms with Crippen molar-refractivity contribution in [1.82, 2.24) is 9.55 Å². The Morgan fingerprint density at radius 2 is 1.95 bits per heavy atom. The molecule has 0 aliphatic heterocycles. The van der Waals surface area contributed by atoms with E-state index in [1.165, 1.54) is 0 Å². The van der Waals surface area contributed by atoms with Crippen molar-refractivity contribution < 1.29 is 5.11 Å². The van der Waals surface area contributed by atoms with Gasteiger partial charge in [-0.1, -0.05) is 23.2 Å². The van der Waals surface area contributed by atoms with Crippen molar-refractivity contribution in [3.8, 4) is 11.6 Å². The molecule has 0 amide bonds. The third-order valence-corrected chi connectivity index (χ3v) is 4.18. The Hall–Kier alpha value is -1.69. The lowest BCUT2D eigenvalue weighted by Crippen LogP contribution is -2.14. The van der Waals surface area contributed by atoms with Gasteiger partial charge < -0.3 is 10.1 Å². The number of nitrogens with zero attached hydrogens (tertiary/aromatic N) is 1. The summed E-state index contributed by atoms with van der Waals surface area (Å²) in [4.78, 5) is 14.7. The molecule has 0 saturated heterocycles. The molecule has 21 heavy (non-hydrogen) atoms. The van der Waals surface area contributed by atoms with Gasteiger partial charge in [-0.3, -0.25) is 0 Å². The van der Waals surface area contributed by atoms with Crippen LogP contribution in [-0.2, 0) is 6.42 Å². The van der Waals surface area contributed by atoms with E-state index < -0.39 is 5.69 Å². The fourth-order valence-electron chi connectivity index (χ4n) is 2.10. The van der Waals surface area contributed by atoms with E-state index in [2.05, 4.69) is 4.98 Å². The minimum atomic E-state index is -0.434. The van der Waals surface area contributed by atoms with Gasteiger partial charge in [0.25, 0.3) is 0 Å². The summed E-state index contributed by atoms with van der Waals surface area (Å²) in [6, 6.07) is 6.64. The number of H-pyrrole nitrogens is 1. The number of hydrogen-bond acceptors (Lipinski definition) is 3. The molecule has 4 nitrogen and oxygen atoms in total. The highest BCUT2D eigenvalue weighted by atomic mass is 35.5. The topological polar surface area (TPSA) is 58.0 Å². The first-order valence-electron chi connectivity index (χ1n) is 6.05. The first-order chi connectivity index (χ1) is 10.0. The molecule has 0 aliphatic carbocycles. The summed E-state index contributed by atoms with van der Waals surface area (Å²) in [7, 11) is 0. The molecule has 0 saturated carbocycles. The normalized spacial score (nSPS) is 11.0. The molecule has 108 valence electrons. The Balaban J connectivity index is 2.07. The van der Waals surface area contributed by atoms with Crippen LogP contribution >= 0.6 is 34.5 Å². The predicted octanol–water partition coefficient (Wildman–Crippen LogP) is 3.83. The van der Waals surface area contributed by atoms with E-state index in [9.17, 15) is 9.90 Å². The number of aromatic amines is 1. The zero-order valence-corrected chi connectivity index (χ0v) is 13.0. The maximum absolute atomic E-state index is 12.1. The average Bonchev–Trinajstić information content (AvgIpc) is 2.98. The number of hydrogen-bond donors (Lipinski definition) is 2. The van der Waals surface area contributed by atoms with E-state index in [0.29, 0.717) is 27.8 Å². The third-order valence-electron chi connectivity index (χ3n) is 3.01. The number of aromatic nitrogens is 2. The molecular formula is C14H10Cl2N2O2S. The largest absolute Gasteiger partial charge is 0.493 e. The van der Waals surface area contributed by atoms with Crippen LogP contribution < -0.4 is 5.69 Å². The molecule has 0 bridgehead atoms. The van der Waals surface area contributed by atoms with Crippen molar-refractivity contribution in [2.45, 2.75) is 6.42 Å². The van der Waals surface area contributed by atoms with Gasteiger partial charge in [0.1, 0.15) is 0 Å². The second kappa shape index (κ2) is 5.60. The summed E-state index contributed by atoms with van der Waals surface area (Å²) in [6.07, 6.45) is 0.450. The lowest BCUT2D eigenvalue weighted by molar-refractivity contribution is 0.435. The molecule has 0 aliphatic rings. The van der Waals surface area contributed by atoms with E-state index in [1.54, 1.807) is 29.5 Å². The van der Waals surface area contributed by atoms with Gasteiger partial charge in [-0.25, -0.2) is 9.36 Å². The Morgan fingerprint density at radius 1 is 1.24 bits per heavy atom. The zero-order chi connectivity index (χ0) is 15.0. The van der Waals surface area contributed by atoms with Gasteiger partial charge >= 0.3 is 5.69 Å². The second-order valence-corrected chi connectivity index (χ2v) is 6.16. The Morgan fingerprint density at radius 3 is 2.57 bits per heavy atom. The molecule has 2 heterocycles. The Labute approximate surface area is 134 Å². The van der Waals surface area contributed by atoms with Crippen LogP contribution in [0.4, 0.5) is 0 Å². The molecule has 0 spiro atoms. The van der Waals surface area contributed by atoms with E-state index >= 15 is 0 Å². The lowest BCUT2D eigenvalue weighted by Gasteiger charge is -2.05. The maximum atomic E-state index is 12.1. The lowest BCUT2D eigenvalue weighted by atomic mass is 10.2. The number of thiophene rings is 1. The van der Waals surface area contributed by atoms with Gasteiger partial charge in [0.2, 0.25) is 5.88 Å². The van der Waals surface area contributed by atoms with E-state index in [1.807, 2.05) is 16.8 Å². The van der Waals surface area contributed by atoms with Crippen LogP contribution in [-0.4, -0.2) is 14.7 Å². The smallest absolute Gasteiger partial charge is 0.333 e. The van der Waals surface area contributed by atoms with Gasteiger partial charge in [-0.15, -0.1) is 0 Å². The predicted molar refractivity (Wildman–Crippen MR) is 85.2 cm³/mol. The first-order valence-corrected chi connectivity index (χ1v) is 7.75. The van der Waals surface area contributed by atoms with E-state index in [-0.39, 0.29) is 5.88 Å². The maximum Gasteiger partial charge on any atom is 0.333 e. The van der Waals surface area contributed by atoms with Gasteiger partial charge in [0.05, 0.1) is 11.4 Å². The third kappa shape index (κ3) is 2.85. The number of nitrogens with one attached hydrogen (secondary N) is 1. The number of aromatic hydroxyl groups is 1. The Bertz CT molecular complexity index is 817. The van der Waals surface area contributed by atoms with Gasteiger partial charge in [0.15, 0.2) is 0 Å². The summed E-state index contributed by atoms with van der Waals surface area (Å²) in [5, 5.41) is 15.0. The summed E-state index contributed by atoms with van der Waals surface area (Å²) in [5.74, 6) is -0.135. The van der Waals surface area contributed by atoms with Crippen LogP contribution in [0, 0.1) is 0 Å². The molecule has 2 N–H and O–H groups in total. The van der Waals surface area contributed by atoms with Crippen molar-refractivity contribution >= 4 is 34.5 Å². The molecular weight excluding hydrogens is 331 g/mol. The van der Waals surface area contributed by atoms with Crippen molar-refractivity contribution in [3.05, 3.63) is 66.8 Å². The van der Waals surface area contributed by atoms with Crippen LogP contribution in [0.25, 0.3) is 5.69 Å². The minimum absolute atomic E-state index is 0.135. The molecule has 2 aromatic heterocycles. The molecule has 1 aromatic carbocycles. The summed E-state index contributed by atoms with van der Waals surface area (Å²) < 4.78 is 1.15. The molecule has 3 aromatic rings. The summed E-state index contributed by atoms with van der Waals surface area (Å²) >= 11 is 13.4. The quantitative estimate of drug-likeness (QED) is 0.761. The molecule has 0 atom stereocenters. The second-order valence-electron chi connectivity index (χ2n) is 4.50. The molecule has 0 radical (unpaired) electrons. The van der Waals surface area contributed by atoms with Crippen LogP contribution in [0.3, 0.4) is 0 Å².